The molecule has 0 radical (unpaired) electrons. The van der Waals surface area contributed by atoms with Crippen LogP contribution in [-0.2, 0) is 4.79 Å². The molecular weight excluding hydrogens is 346 g/mol. The highest BCUT2D eigenvalue weighted by molar-refractivity contribution is 5.78. The van der Waals surface area contributed by atoms with Crippen molar-refractivity contribution in [2.45, 2.75) is 39.2 Å². The first-order valence-corrected chi connectivity index (χ1v) is 9.76. The highest BCUT2D eigenvalue weighted by Crippen LogP contribution is 2.34. The number of rotatable bonds is 7. The molecule has 1 aromatic carbocycles. The van der Waals surface area contributed by atoms with E-state index in [1.165, 1.54) is 0 Å². The quantitative estimate of drug-likeness (QED) is 0.718. The molecule has 0 aromatic heterocycles. The van der Waals surface area contributed by atoms with E-state index in [-0.39, 0.29) is 23.9 Å². The molecule has 0 spiro atoms. The first-order chi connectivity index (χ1) is 13.0. The van der Waals surface area contributed by atoms with Crippen molar-refractivity contribution in [3.8, 4) is 11.5 Å². The lowest BCUT2D eigenvalue weighted by molar-refractivity contribution is -0.127. The molecule has 2 N–H and O–H groups in total. The molecule has 2 heterocycles. The highest BCUT2D eigenvalue weighted by Gasteiger charge is 2.22. The van der Waals surface area contributed by atoms with Gasteiger partial charge in [0, 0.05) is 26.1 Å². The summed E-state index contributed by atoms with van der Waals surface area (Å²) in [6.07, 6.45) is 2.35. The molecule has 0 saturated carbocycles. The summed E-state index contributed by atoms with van der Waals surface area (Å²) in [6, 6.07) is 5.49. The number of carbonyl (C=O) groups excluding carboxylic acids is 2. The Kier molecular flexibility index (Phi) is 6.42. The van der Waals surface area contributed by atoms with E-state index in [4.69, 9.17) is 9.47 Å². The lowest BCUT2D eigenvalue weighted by atomic mass is 9.95. The first-order valence-electron chi connectivity index (χ1n) is 9.76. The maximum absolute atomic E-state index is 12.3. The van der Waals surface area contributed by atoms with Gasteiger partial charge in [-0.15, -0.1) is 0 Å². The molecule has 2 aliphatic heterocycles. The van der Waals surface area contributed by atoms with Crippen LogP contribution in [0.5, 0.6) is 11.5 Å². The minimum absolute atomic E-state index is 0.124. The summed E-state index contributed by atoms with van der Waals surface area (Å²) in [4.78, 5) is 25.8. The number of likely N-dealkylation sites (tertiary alicyclic amines) is 1. The zero-order chi connectivity index (χ0) is 19.2. The van der Waals surface area contributed by atoms with E-state index >= 15 is 0 Å². The molecule has 0 bridgehead atoms. The maximum Gasteiger partial charge on any atom is 0.315 e. The Hall–Kier alpha value is -2.44. The molecule has 1 atom stereocenters. The van der Waals surface area contributed by atoms with Crippen LogP contribution in [0.25, 0.3) is 0 Å². The van der Waals surface area contributed by atoms with E-state index in [0.717, 1.165) is 36.4 Å². The Morgan fingerprint density at radius 2 is 2.00 bits per heavy atom. The van der Waals surface area contributed by atoms with Crippen molar-refractivity contribution in [3.63, 3.8) is 0 Å². The molecule has 3 rings (SSSR count). The van der Waals surface area contributed by atoms with Crippen molar-refractivity contribution in [2.24, 2.45) is 5.92 Å². The van der Waals surface area contributed by atoms with Gasteiger partial charge in [0.2, 0.25) is 5.91 Å². The van der Waals surface area contributed by atoms with E-state index in [2.05, 4.69) is 24.5 Å². The lowest BCUT2D eigenvalue weighted by Gasteiger charge is -2.25. The number of urea groups is 1. The van der Waals surface area contributed by atoms with Gasteiger partial charge < -0.3 is 25.0 Å². The summed E-state index contributed by atoms with van der Waals surface area (Å²) in [5.74, 6) is 1.91. The number of carbonyl (C=O) groups is 2. The van der Waals surface area contributed by atoms with E-state index in [0.29, 0.717) is 32.7 Å². The van der Waals surface area contributed by atoms with Gasteiger partial charge in [-0.3, -0.25) is 4.79 Å². The molecule has 3 amide bonds. The SMILES string of the molecule is CC(C)C(NC(=O)NCCCN1CCCC1=O)c1ccc2c(c1)OCCO2. The van der Waals surface area contributed by atoms with Crippen LogP contribution in [0.2, 0.25) is 0 Å². The van der Waals surface area contributed by atoms with Gasteiger partial charge in [0.25, 0.3) is 0 Å². The Morgan fingerprint density at radius 3 is 2.70 bits per heavy atom. The molecule has 1 aromatic rings. The Bertz CT molecular complexity index is 677. The van der Waals surface area contributed by atoms with Gasteiger partial charge in [0.1, 0.15) is 13.2 Å². The number of ether oxygens (including phenoxy) is 2. The predicted molar refractivity (Wildman–Crippen MR) is 102 cm³/mol. The van der Waals surface area contributed by atoms with E-state index in [1.54, 1.807) is 0 Å². The third-order valence-electron chi connectivity index (χ3n) is 4.94. The monoisotopic (exact) mass is 375 g/mol. The van der Waals surface area contributed by atoms with Crippen molar-refractivity contribution in [1.82, 2.24) is 15.5 Å². The first kappa shape index (κ1) is 19.3. The fraction of sp³-hybridized carbons (Fsp3) is 0.600. The topological polar surface area (TPSA) is 79.9 Å². The van der Waals surface area contributed by atoms with Gasteiger partial charge in [0.05, 0.1) is 6.04 Å². The lowest BCUT2D eigenvalue weighted by Crippen LogP contribution is -2.40. The van der Waals surface area contributed by atoms with Crippen LogP contribution in [0.3, 0.4) is 0 Å². The van der Waals surface area contributed by atoms with E-state index in [1.807, 2.05) is 23.1 Å². The summed E-state index contributed by atoms with van der Waals surface area (Å²) in [7, 11) is 0. The fourth-order valence-corrected chi connectivity index (χ4v) is 3.49. The Balaban J connectivity index is 1.50. The number of fused-ring (bicyclic) bond motifs is 1. The summed E-state index contributed by atoms with van der Waals surface area (Å²) < 4.78 is 11.2. The van der Waals surface area contributed by atoms with Crippen molar-refractivity contribution < 1.29 is 19.1 Å². The van der Waals surface area contributed by atoms with Gasteiger partial charge in [-0.1, -0.05) is 19.9 Å². The summed E-state index contributed by atoms with van der Waals surface area (Å²) in [5.41, 5.74) is 0.993. The summed E-state index contributed by atoms with van der Waals surface area (Å²) in [5, 5.41) is 5.94. The van der Waals surface area contributed by atoms with Crippen LogP contribution in [0.1, 0.15) is 44.7 Å². The van der Waals surface area contributed by atoms with Gasteiger partial charge in [-0.2, -0.15) is 0 Å². The number of hydrogen-bond acceptors (Lipinski definition) is 4. The number of amides is 3. The zero-order valence-corrected chi connectivity index (χ0v) is 16.1. The molecule has 2 aliphatic rings. The Labute approximate surface area is 160 Å². The average Bonchev–Trinajstić information content (AvgIpc) is 3.07. The van der Waals surface area contributed by atoms with Crippen LogP contribution >= 0.6 is 0 Å². The summed E-state index contributed by atoms with van der Waals surface area (Å²) >= 11 is 0. The molecule has 148 valence electrons. The van der Waals surface area contributed by atoms with Crippen LogP contribution in [-0.4, -0.2) is 49.7 Å². The van der Waals surface area contributed by atoms with Crippen molar-refractivity contribution >= 4 is 11.9 Å². The molecule has 1 unspecified atom stereocenters. The molecule has 0 aliphatic carbocycles. The largest absolute Gasteiger partial charge is 0.486 e. The minimum Gasteiger partial charge on any atom is -0.486 e. The maximum atomic E-state index is 12.3. The average molecular weight is 375 g/mol. The van der Waals surface area contributed by atoms with Crippen LogP contribution in [0.15, 0.2) is 18.2 Å². The zero-order valence-electron chi connectivity index (χ0n) is 16.1. The number of nitrogens with one attached hydrogen (secondary N) is 2. The second-order valence-corrected chi connectivity index (χ2v) is 7.36. The molecule has 7 heteroatoms. The van der Waals surface area contributed by atoms with Crippen molar-refractivity contribution in [2.75, 3.05) is 32.8 Å². The third kappa shape index (κ3) is 5.05. The van der Waals surface area contributed by atoms with Crippen molar-refractivity contribution in [3.05, 3.63) is 23.8 Å². The molecule has 1 saturated heterocycles. The van der Waals surface area contributed by atoms with Gasteiger partial charge in [-0.25, -0.2) is 4.79 Å². The molecule has 7 nitrogen and oxygen atoms in total. The van der Waals surface area contributed by atoms with Gasteiger partial charge in [-0.05, 0) is 36.5 Å². The van der Waals surface area contributed by atoms with Crippen LogP contribution < -0.4 is 20.1 Å². The molecule has 1 fully saturated rings. The fourth-order valence-electron chi connectivity index (χ4n) is 3.49. The van der Waals surface area contributed by atoms with E-state index < -0.39 is 0 Å². The second kappa shape index (κ2) is 8.97. The molecular formula is C20H29N3O4. The van der Waals surface area contributed by atoms with Crippen molar-refractivity contribution in [1.29, 1.82) is 0 Å². The van der Waals surface area contributed by atoms with Gasteiger partial charge in [0.15, 0.2) is 11.5 Å². The predicted octanol–water partition coefficient (Wildman–Crippen LogP) is 2.47. The number of benzene rings is 1. The van der Waals surface area contributed by atoms with Crippen LogP contribution in [0, 0.1) is 5.92 Å². The molecule has 27 heavy (non-hydrogen) atoms. The highest BCUT2D eigenvalue weighted by atomic mass is 16.6. The number of nitrogens with zero attached hydrogens (tertiary/aromatic N) is 1. The number of hydrogen-bond donors (Lipinski definition) is 2. The second-order valence-electron chi connectivity index (χ2n) is 7.36. The normalized spacial score (nSPS) is 17.1. The Morgan fingerprint density at radius 1 is 1.22 bits per heavy atom. The van der Waals surface area contributed by atoms with Crippen LogP contribution in [0.4, 0.5) is 4.79 Å². The minimum atomic E-state index is -0.198. The standard InChI is InChI=1S/C20H29N3O4/c1-14(2)19(15-6-7-16-17(13-15)27-12-11-26-16)22-20(25)21-8-4-10-23-9-3-5-18(23)24/h6-7,13-14,19H,3-5,8-12H2,1-2H3,(H2,21,22,25). The van der Waals surface area contributed by atoms with Gasteiger partial charge >= 0.3 is 6.03 Å². The smallest absolute Gasteiger partial charge is 0.315 e. The third-order valence-corrected chi connectivity index (χ3v) is 4.94. The van der Waals surface area contributed by atoms with E-state index in [9.17, 15) is 9.59 Å². The summed E-state index contributed by atoms with van der Waals surface area (Å²) in [6.45, 7) is 7.32.